The average Bonchev–Trinajstić information content (AvgIpc) is 2.78. The van der Waals surface area contributed by atoms with Gasteiger partial charge >= 0.3 is 0 Å². The highest BCUT2D eigenvalue weighted by Crippen LogP contribution is 2.71. The number of carbonyl (C=O) groups excluding carboxylic acids is 2. The highest BCUT2D eigenvalue weighted by Gasteiger charge is 2.80. The predicted octanol–water partition coefficient (Wildman–Crippen LogP) is 1.10. The van der Waals surface area contributed by atoms with E-state index in [1.54, 1.807) is 0 Å². The largest absolute Gasteiger partial charge is 0.362 e. The van der Waals surface area contributed by atoms with E-state index < -0.39 is 5.60 Å². The van der Waals surface area contributed by atoms with Gasteiger partial charge < -0.3 is 4.74 Å². The normalized spacial score (nSPS) is 54.1. The van der Waals surface area contributed by atoms with E-state index in [4.69, 9.17) is 4.74 Å². The van der Waals surface area contributed by atoms with Crippen molar-refractivity contribution in [2.24, 2.45) is 17.3 Å². The second-order valence-corrected chi connectivity index (χ2v) is 5.74. The van der Waals surface area contributed by atoms with Crippen molar-refractivity contribution in [3.05, 3.63) is 0 Å². The Balaban J connectivity index is 1.90. The number of rotatable bonds is 0. The standard InChI is InChI=1S/C12H14O3/c1-11-8-6(2-3-7(8)13)9(15-11)10(14)12(11)4-5-12/h6,8-9H,2-5H2,1H3/t6-,8-,9+,11-/m0/s1. The summed E-state index contributed by atoms with van der Waals surface area (Å²) in [6.07, 6.45) is 3.17. The number of ketones is 2. The molecule has 2 aliphatic carbocycles. The second kappa shape index (κ2) is 2.05. The van der Waals surface area contributed by atoms with Gasteiger partial charge in [-0.05, 0) is 26.2 Å². The van der Waals surface area contributed by atoms with Crippen LogP contribution < -0.4 is 0 Å². The molecule has 4 atom stereocenters. The smallest absolute Gasteiger partial charge is 0.170 e. The molecule has 2 aliphatic heterocycles. The molecular formula is C12H14O3. The van der Waals surface area contributed by atoms with Crippen molar-refractivity contribution in [3.63, 3.8) is 0 Å². The Morgan fingerprint density at radius 3 is 2.73 bits per heavy atom. The molecule has 2 saturated heterocycles. The predicted molar refractivity (Wildman–Crippen MR) is 51.2 cm³/mol. The van der Waals surface area contributed by atoms with Gasteiger partial charge in [0.2, 0.25) is 0 Å². The molecule has 4 rings (SSSR count). The minimum absolute atomic E-state index is 0.0303. The molecular weight excluding hydrogens is 192 g/mol. The summed E-state index contributed by atoms with van der Waals surface area (Å²) in [6, 6.07) is 0. The van der Waals surface area contributed by atoms with Crippen LogP contribution in [-0.2, 0) is 14.3 Å². The lowest BCUT2D eigenvalue weighted by atomic mass is 9.65. The molecule has 0 unspecified atom stereocenters. The van der Waals surface area contributed by atoms with Crippen molar-refractivity contribution < 1.29 is 14.3 Å². The fraction of sp³-hybridized carbons (Fsp3) is 0.833. The third kappa shape index (κ3) is 0.645. The fourth-order valence-corrected chi connectivity index (χ4v) is 4.38. The summed E-state index contributed by atoms with van der Waals surface area (Å²) in [5.41, 5.74) is -0.689. The minimum atomic E-state index is -0.437. The molecule has 3 heteroatoms. The first-order valence-corrected chi connectivity index (χ1v) is 5.85. The van der Waals surface area contributed by atoms with Crippen LogP contribution in [0.4, 0.5) is 0 Å². The molecule has 1 spiro atoms. The Hall–Kier alpha value is -0.700. The molecule has 0 N–H and O–H groups in total. The van der Waals surface area contributed by atoms with E-state index in [9.17, 15) is 9.59 Å². The Kier molecular flexibility index (Phi) is 1.16. The number of ether oxygens (including phenoxy) is 1. The highest BCUT2D eigenvalue weighted by atomic mass is 16.5. The number of hydrogen-bond donors (Lipinski definition) is 0. The second-order valence-electron chi connectivity index (χ2n) is 5.74. The van der Waals surface area contributed by atoms with Gasteiger partial charge in [0.25, 0.3) is 0 Å². The zero-order valence-electron chi connectivity index (χ0n) is 8.79. The minimum Gasteiger partial charge on any atom is -0.362 e. The molecule has 0 radical (unpaired) electrons. The van der Waals surface area contributed by atoms with E-state index in [-0.39, 0.29) is 23.4 Å². The summed E-state index contributed by atoms with van der Waals surface area (Å²) < 4.78 is 5.92. The van der Waals surface area contributed by atoms with E-state index >= 15 is 0 Å². The lowest BCUT2D eigenvalue weighted by molar-refractivity contribution is -0.131. The molecule has 0 amide bonds. The van der Waals surface area contributed by atoms with Crippen LogP contribution in [0.15, 0.2) is 0 Å². The van der Waals surface area contributed by atoms with Crippen molar-refractivity contribution in [1.82, 2.24) is 0 Å². The summed E-state index contributed by atoms with van der Waals surface area (Å²) >= 11 is 0. The van der Waals surface area contributed by atoms with Gasteiger partial charge in [0.15, 0.2) is 5.78 Å². The van der Waals surface area contributed by atoms with Crippen LogP contribution in [0.3, 0.4) is 0 Å². The zero-order valence-corrected chi connectivity index (χ0v) is 8.79. The summed E-state index contributed by atoms with van der Waals surface area (Å²) in [5.74, 6) is 0.883. The fourth-order valence-electron chi connectivity index (χ4n) is 4.38. The van der Waals surface area contributed by atoms with Gasteiger partial charge in [-0.1, -0.05) is 0 Å². The van der Waals surface area contributed by atoms with Gasteiger partial charge in [0, 0.05) is 12.3 Å². The lowest BCUT2D eigenvalue weighted by Gasteiger charge is -2.34. The average molecular weight is 206 g/mol. The van der Waals surface area contributed by atoms with Gasteiger partial charge in [0.1, 0.15) is 11.9 Å². The van der Waals surface area contributed by atoms with Gasteiger partial charge in [-0.2, -0.15) is 0 Å². The summed E-state index contributed by atoms with van der Waals surface area (Å²) in [6.45, 7) is 2.01. The van der Waals surface area contributed by atoms with Crippen LogP contribution in [-0.4, -0.2) is 23.3 Å². The van der Waals surface area contributed by atoms with Crippen molar-refractivity contribution in [1.29, 1.82) is 0 Å². The van der Waals surface area contributed by atoms with Gasteiger partial charge in [0.05, 0.1) is 16.9 Å². The number of Topliss-reactive ketones (excluding diaryl/α,β-unsaturated/α-hetero) is 2. The molecule has 0 aromatic carbocycles. The number of carbonyl (C=O) groups is 2. The van der Waals surface area contributed by atoms with E-state index in [0.717, 1.165) is 19.3 Å². The molecule has 80 valence electrons. The van der Waals surface area contributed by atoms with Crippen LogP contribution in [0.1, 0.15) is 32.6 Å². The van der Waals surface area contributed by atoms with E-state index in [1.807, 2.05) is 6.92 Å². The van der Waals surface area contributed by atoms with Crippen molar-refractivity contribution >= 4 is 11.6 Å². The van der Waals surface area contributed by atoms with Crippen LogP contribution in [0.25, 0.3) is 0 Å². The summed E-state index contributed by atoms with van der Waals surface area (Å²) in [5, 5.41) is 0. The number of hydrogen-bond acceptors (Lipinski definition) is 3. The first-order valence-electron chi connectivity index (χ1n) is 5.85. The van der Waals surface area contributed by atoms with Crippen LogP contribution in [0.2, 0.25) is 0 Å². The van der Waals surface area contributed by atoms with Gasteiger partial charge in [-0.15, -0.1) is 0 Å². The molecule has 0 aromatic rings. The van der Waals surface area contributed by atoms with Crippen molar-refractivity contribution in [3.8, 4) is 0 Å². The van der Waals surface area contributed by atoms with E-state index in [0.29, 0.717) is 18.0 Å². The maximum absolute atomic E-state index is 12.2. The number of fused-ring (bicyclic) bond motifs is 6. The molecule has 0 aromatic heterocycles. The monoisotopic (exact) mass is 206 g/mol. The molecule has 3 nitrogen and oxygen atoms in total. The Labute approximate surface area is 88.2 Å². The first kappa shape index (κ1) is 8.45. The van der Waals surface area contributed by atoms with Crippen molar-refractivity contribution in [2.75, 3.05) is 0 Å². The topological polar surface area (TPSA) is 43.4 Å². The molecule has 2 saturated carbocycles. The zero-order chi connectivity index (χ0) is 10.4. The Morgan fingerprint density at radius 2 is 2.07 bits per heavy atom. The molecule has 4 fully saturated rings. The van der Waals surface area contributed by atoms with Crippen LogP contribution in [0.5, 0.6) is 0 Å². The van der Waals surface area contributed by atoms with Crippen LogP contribution >= 0.6 is 0 Å². The molecule has 2 heterocycles. The summed E-state index contributed by atoms with van der Waals surface area (Å²) in [7, 11) is 0. The third-order valence-electron chi connectivity index (χ3n) is 5.28. The SMILES string of the molecule is C[C@@]12O[C@@H](C(=O)C13CC3)[C@H]1CCC(=O)[C@H]12. The van der Waals surface area contributed by atoms with Gasteiger partial charge in [-0.25, -0.2) is 0 Å². The highest BCUT2D eigenvalue weighted by molar-refractivity contribution is 6.00. The maximum Gasteiger partial charge on any atom is 0.170 e. The molecule has 2 bridgehead atoms. The molecule has 4 aliphatic rings. The molecule has 15 heavy (non-hydrogen) atoms. The van der Waals surface area contributed by atoms with Crippen molar-refractivity contribution in [2.45, 2.75) is 44.3 Å². The van der Waals surface area contributed by atoms with Crippen LogP contribution in [0, 0.1) is 17.3 Å². The lowest BCUT2D eigenvalue weighted by Crippen LogP contribution is -2.49. The quantitative estimate of drug-likeness (QED) is 0.596. The first-order chi connectivity index (χ1) is 7.10. The Bertz CT molecular complexity index is 396. The van der Waals surface area contributed by atoms with Gasteiger partial charge in [-0.3, -0.25) is 9.59 Å². The third-order valence-corrected chi connectivity index (χ3v) is 5.28. The van der Waals surface area contributed by atoms with E-state index in [1.165, 1.54) is 0 Å². The van der Waals surface area contributed by atoms with E-state index in [2.05, 4.69) is 0 Å². The Morgan fingerprint density at radius 1 is 1.33 bits per heavy atom. The summed E-state index contributed by atoms with van der Waals surface area (Å²) in [4.78, 5) is 24.1. The maximum atomic E-state index is 12.2.